The lowest BCUT2D eigenvalue weighted by atomic mass is 10.2. The number of nitriles is 3. The molecule has 0 saturated heterocycles. The zero-order valence-electron chi connectivity index (χ0n) is 12.1. The lowest BCUT2D eigenvalue weighted by Crippen LogP contribution is -2.11. The highest BCUT2D eigenvalue weighted by Crippen LogP contribution is 2.28. The normalized spacial score (nSPS) is 8.68. The number of hydrogen-bond acceptors (Lipinski definition) is 6. The third-order valence-corrected chi connectivity index (χ3v) is 2.65. The first-order valence-electron chi connectivity index (χ1n) is 6.29. The molecule has 7 heteroatoms. The Kier molecular flexibility index (Phi) is 5.97. The van der Waals surface area contributed by atoms with Gasteiger partial charge in [-0.2, -0.15) is 15.8 Å². The number of nitrogens with one attached hydrogen (secondary N) is 2. The van der Waals surface area contributed by atoms with E-state index in [2.05, 4.69) is 10.6 Å². The molecule has 0 aromatic heterocycles. The summed E-state index contributed by atoms with van der Waals surface area (Å²) in [5.74, 6) is 0.261. The van der Waals surface area contributed by atoms with Crippen molar-refractivity contribution in [2.45, 2.75) is 13.3 Å². The van der Waals surface area contributed by atoms with Crippen molar-refractivity contribution in [3.8, 4) is 24.0 Å². The number of hydrogen-bond donors (Lipinski definition) is 2. The Morgan fingerprint density at radius 3 is 2.36 bits per heavy atom. The van der Waals surface area contributed by atoms with E-state index in [0.29, 0.717) is 23.5 Å². The quantitative estimate of drug-likeness (QED) is 0.803. The Morgan fingerprint density at radius 1 is 1.18 bits per heavy atom. The first-order valence-corrected chi connectivity index (χ1v) is 6.29. The van der Waals surface area contributed by atoms with Crippen LogP contribution in [0.2, 0.25) is 0 Å². The zero-order valence-corrected chi connectivity index (χ0v) is 12.1. The Morgan fingerprint density at radius 2 is 1.86 bits per heavy atom. The molecule has 0 bridgehead atoms. The van der Waals surface area contributed by atoms with Crippen LogP contribution in [0.5, 0.6) is 5.75 Å². The molecule has 0 heterocycles. The predicted octanol–water partition coefficient (Wildman–Crippen LogP) is 2.28. The van der Waals surface area contributed by atoms with Crippen LogP contribution in [0.4, 0.5) is 11.4 Å². The first-order chi connectivity index (χ1) is 10.6. The van der Waals surface area contributed by atoms with Crippen molar-refractivity contribution in [3.63, 3.8) is 0 Å². The van der Waals surface area contributed by atoms with Crippen LogP contribution in [0.15, 0.2) is 29.5 Å². The number of allylic oxidation sites excluding steroid dienone is 2. The number of amides is 1. The van der Waals surface area contributed by atoms with Gasteiger partial charge < -0.3 is 15.4 Å². The van der Waals surface area contributed by atoms with Crippen LogP contribution in [0.25, 0.3) is 0 Å². The Hall–Kier alpha value is -3.50. The second-order valence-electron chi connectivity index (χ2n) is 4.03. The molecule has 1 amide bonds. The lowest BCUT2D eigenvalue weighted by Gasteiger charge is -2.12. The van der Waals surface area contributed by atoms with Crippen molar-refractivity contribution in [3.05, 3.63) is 29.5 Å². The summed E-state index contributed by atoms with van der Waals surface area (Å²) in [5, 5.41) is 31.9. The van der Waals surface area contributed by atoms with E-state index in [-0.39, 0.29) is 17.2 Å². The van der Waals surface area contributed by atoms with Crippen molar-refractivity contribution in [2.75, 3.05) is 17.7 Å². The van der Waals surface area contributed by atoms with Crippen LogP contribution in [-0.2, 0) is 4.79 Å². The largest absolute Gasteiger partial charge is 0.495 e. The van der Waals surface area contributed by atoms with Gasteiger partial charge in [0, 0.05) is 12.1 Å². The Labute approximate surface area is 128 Å². The molecule has 1 aromatic carbocycles. The molecule has 1 aromatic rings. The summed E-state index contributed by atoms with van der Waals surface area (Å²) < 4.78 is 5.14. The first kappa shape index (κ1) is 16.6. The standard InChI is InChI=1S/C15H13N5O2/c1-3-15(21)20-12-6-11(4-5-14(12)22-2)19-13(9-18)10(7-16)8-17/h4-6,19H,3H2,1-2H3,(H,20,21). The summed E-state index contributed by atoms with van der Waals surface area (Å²) >= 11 is 0. The van der Waals surface area contributed by atoms with E-state index >= 15 is 0 Å². The minimum absolute atomic E-state index is 0.164. The zero-order chi connectivity index (χ0) is 16.5. The van der Waals surface area contributed by atoms with Gasteiger partial charge >= 0.3 is 0 Å². The number of benzene rings is 1. The molecule has 0 aliphatic rings. The van der Waals surface area contributed by atoms with Crippen molar-refractivity contribution in [1.29, 1.82) is 15.8 Å². The molecule has 7 nitrogen and oxygen atoms in total. The molecule has 0 aliphatic carbocycles. The smallest absolute Gasteiger partial charge is 0.224 e. The summed E-state index contributed by atoms with van der Waals surface area (Å²) in [6.07, 6.45) is 0.303. The van der Waals surface area contributed by atoms with E-state index in [1.807, 2.05) is 0 Å². The van der Waals surface area contributed by atoms with Gasteiger partial charge in [-0.1, -0.05) is 6.92 Å². The van der Waals surface area contributed by atoms with Gasteiger partial charge in [0.1, 0.15) is 29.7 Å². The fourth-order valence-corrected chi connectivity index (χ4v) is 1.55. The monoisotopic (exact) mass is 295 g/mol. The average Bonchev–Trinajstić information content (AvgIpc) is 2.55. The summed E-state index contributed by atoms with van der Waals surface area (Å²) in [4.78, 5) is 11.5. The summed E-state index contributed by atoms with van der Waals surface area (Å²) in [5.41, 5.74) is 0.374. The van der Waals surface area contributed by atoms with Gasteiger partial charge in [-0.05, 0) is 18.2 Å². The summed E-state index contributed by atoms with van der Waals surface area (Å²) in [7, 11) is 1.47. The second-order valence-corrected chi connectivity index (χ2v) is 4.03. The SMILES string of the molecule is CCC(=O)Nc1cc(NC(C#N)=C(C#N)C#N)ccc1OC. The van der Waals surface area contributed by atoms with Crippen LogP contribution >= 0.6 is 0 Å². The van der Waals surface area contributed by atoms with Gasteiger partial charge in [0.05, 0.1) is 12.8 Å². The van der Waals surface area contributed by atoms with Crippen LogP contribution in [-0.4, -0.2) is 13.0 Å². The molecule has 0 radical (unpaired) electrons. The van der Waals surface area contributed by atoms with Gasteiger partial charge in [0.2, 0.25) is 5.91 Å². The molecule has 0 spiro atoms. The minimum atomic E-state index is -0.322. The molecule has 0 saturated carbocycles. The highest BCUT2D eigenvalue weighted by molar-refractivity contribution is 5.92. The van der Waals surface area contributed by atoms with Gasteiger partial charge in [0.25, 0.3) is 0 Å². The van der Waals surface area contributed by atoms with E-state index in [1.54, 1.807) is 43.3 Å². The van der Waals surface area contributed by atoms with E-state index in [4.69, 9.17) is 20.5 Å². The highest BCUT2D eigenvalue weighted by atomic mass is 16.5. The van der Waals surface area contributed by atoms with Crippen molar-refractivity contribution in [2.24, 2.45) is 0 Å². The molecular weight excluding hydrogens is 282 g/mol. The molecule has 22 heavy (non-hydrogen) atoms. The van der Waals surface area contributed by atoms with E-state index in [0.717, 1.165) is 0 Å². The van der Waals surface area contributed by atoms with Crippen molar-refractivity contribution >= 4 is 17.3 Å². The molecule has 0 atom stereocenters. The van der Waals surface area contributed by atoms with Gasteiger partial charge in [-0.15, -0.1) is 0 Å². The molecule has 110 valence electrons. The predicted molar refractivity (Wildman–Crippen MR) is 79.4 cm³/mol. The number of nitrogens with zero attached hydrogens (tertiary/aromatic N) is 3. The maximum absolute atomic E-state index is 11.5. The number of carbonyl (C=O) groups excluding carboxylic acids is 1. The van der Waals surface area contributed by atoms with Crippen molar-refractivity contribution in [1.82, 2.24) is 0 Å². The summed E-state index contributed by atoms with van der Waals surface area (Å²) in [6, 6.07) is 9.79. The average molecular weight is 295 g/mol. The number of anilines is 2. The molecule has 0 aliphatic heterocycles. The summed E-state index contributed by atoms with van der Waals surface area (Å²) in [6.45, 7) is 1.71. The molecule has 0 fully saturated rings. The van der Waals surface area contributed by atoms with E-state index in [9.17, 15) is 4.79 Å². The van der Waals surface area contributed by atoms with Crippen LogP contribution in [0.3, 0.4) is 0 Å². The minimum Gasteiger partial charge on any atom is -0.495 e. The highest BCUT2D eigenvalue weighted by Gasteiger charge is 2.10. The number of methoxy groups -OCH3 is 1. The van der Waals surface area contributed by atoms with Crippen molar-refractivity contribution < 1.29 is 9.53 Å². The van der Waals surface area contributed by atoms with Gasteiger partial charge in [-0.25, -0.2) is 0 Å². The van der Waals surface area contributed by atoms with Crippen LogP contribution in [0, 0.1) is 34.0 Å². The third kappa shape index (κ3) is 4.00. The third-order valence-electron chi connectivity index (χ3n) is 2.65. The maximum Gasteiger partial charge on any atom is 0.224 e. The van der Waals surface area contributed by atoms with Gasteiger partial charge in [0.15, 0.2) is 5.57 Å². The second kappa shape index (κ2) is 7.94. The Balaban J connectivity index is 3.18. The number of rotatable bonds is 5. The van der Waals surface area contributed by atoms with Crippen LogP contribution in [0.1, 0.15) is 13.3 Å². The number of carbonyl (C=O) groups is 1. The number of ether oxygens (including phenoxy) is 1. The Bertz CT molecular complexity index is 716. The molecule has 1 rings (SSSR count). The molecule has 0 unspecified atom stereocenters. The molecular formula is C15H13N5O2. The van der Waals surface area contributed by atoms with Crippen LogP contribution < -0.4 is 15.4 Å². The topological polar surface area (TPSA) is 122 Å². The van der Waals surface area contributed by atoms with Gasteiger partial charge in [-0.3, -0.25) is 4.79 Å². The van der Waals surface area contributed by atoms with E-state index in [1.165, 1.54) is 7.11 Å². The fourth-order valence-electron chi connectivity index (χ4n) is 1.55. The molecule has 2 N–H and O–H groups in total. The maximum atomic E-state index is 11.5. The lowest BCUT2D eigenvalue weighted by molar-refractivity contribution is -0.115. The van der Waals surface area contributed by atoms with E-state index < -0.39 is 0 Å². The fraction of sp³-hybridized carbons (Fsp3) is 0.200.